The summed E-state index contributed by atoms with van der Waals surface area (Å²) in [6.45, 7) is 6.38. The zero-order valence-electron chi connectivity index (χ0n) is 16.4. The molecule has 0 aromatic carbocycles. The normalized spacial score (nSPS) is 24.1. The van der Waals surface area contributed by atoms with Gasteiger partial charge in [-0.05, 0) is 51.6 Å². The summed E-state index contributed by atoms with van der Waals surface area (Å²) in [5.41, 5.74) is 0. The smallest absolute Gasteiger partial charge is 0.214 e. The molecule has 2 aliphatic rings. The Bertz CT molecular complexity index is 535. The van der Waals surface area contributed by atoms with Crippen LogP contribution >= 0.6 is 24.0 Å². The number of guanidine groups is 1. The number of hydrogen-bond donors (Lipinski definition) is 2. The van der Waals surface area contributed by atoms with Gasteiger partial charge in [0.05, 0.1) is 5.75 Å². The fourth-order valence-electron chi connectivity index (χ4n) is 3.73. The zero-order chi connectivity index (χ0) is 18.3. The summed E-state index contributed by atoms with van der Waals surface area (Å²) < 4.78 is 25.9. The topological polar surface area (TPSA) is 77.0 Å². The summed E-state index contributed by atoms with van der Waals surface area (Å²) in [6.07, 6.45) is 4.86. The van der Waals surface area contributed by atoms with Gasteiger partial charge in [0.15, 0.2) is 5.96 Å². The summed E-state index contributed by atoms with van der Waals surface area (Å²) in [7, 11) is 0.909. The van der Waals surface area contributed by atoms with Crippen LogP contribution in [0.3, 0.4) is 0 Å². The highest BCUT2D eigenvalue weighted by atomic mass is 127. The minimum atomic E-state index is -3.07. The Balaban J connectivity index is 0.00000338. The molecule has 154 valence electrons. The quantitative estimate of drug-likeness (QED) is 0.326. The maximum Gasteiger partial charge on any atom is 0.214 e. The lowest BCUT2D eigenvalue weighted by Gasteiger charge is -2.33. The van der Waals surface area contributed by atoms with Gasteiger partial charge in [0, 0.05) is 39.3 Å². The third-order valence-electron chi connectivity index (χ3n) is 5.15. The van der Waals surface area contributed by atoms with Gasteiger partial charge in [0.2, 0.25) is 10.0 Å². The highest BCUT2D eigenvalue weighted by Gasteiger charge is 2.27. The van der Waals surface area contributed by atoms with Gasteiger partial charge in [-0.1, -0.05) is 6.92 Å². The van der Waals surface area contributed by atoms with E-state index in [4.69, 9.17) is 0 Å². The minimum Gasteiger partial charge on any atom is -0.356 e. The van der Waals surface area contributed by atoms with Crippen molar-refractivity contribution in [3.05, 3.63) is 0 Å². The molecule has 0 amide bonds. The van der Waals surface area contributed by atoms with Gasteiger partial charge in [0.25, 0.3) is 0 Å². The van der Waals surface area contributed by atoms with Crippen molar-refractivity contribution in [2.45, 2.75) is 45.1 Å². The van der Waals surface area contributed by atoms with Crippen LogP contribution in [-0.4, -0.2) is 82.2 Å². The average molecular weight is 501 g/mol. The summed E-state index contributed by atoms with van der Waals surface area (Å²) in [5, 5.41) is 6.91. The Morgan fingerprint density at radius 3 is 2.46 bits per heavy atom. The largest absolute Gasteiger partial charge is 0.356 e. The van der Waals surface area contributed by atoms with Gasteiger partial charge in [-0.25, -0.2) is 12.7 Å². The lowest BCUT2D eigenvalue weighted by Crippen LogP contribution is -2.51. The number of piperidine rings is 2. The highest BCUT2D eigenvalue weighted by molar-refractivity contribution is 14.0. The van der Waals surface area contributed by atoms with Crippen molar-refractivity contribution < 1.29 is 8.42 Å². The van der Waals surface area contributed by atoms with Gasteiger partial charge >= 0.3 is 0 Å². The second-order valence-corrected chi connectivity index (χ2v) is 9.45. The van der Waals surface area contributed by atoms with Gasteiger partial charge in [-0.3, -0.25) is 4.99 Å². The van der Waals surface area contributed by atoms with Crippen LogP contribution in [0.2, 0.25) is 0 Å². The van der Waals surface area contributed by atoms with Crippen LogP contribution in [0.15, 0.2) is 4.99 Å². The lowest BCUT2D eigenvalue weighted by molar-refractivity contribution is 0.210. The molecule has 0 saturated carbocycles. The van der Waals surface area contributed by atoms with Gasteiger partial charge in [-0.2, -0.15) is 0 Å². The molecule has 2 aliphatic heterocycles. The van der Waals surface area contributed by atoms with E-state index in [2.05, 4.69) is 27.6 Å². The van der Waals surface area contributed by atoms with E-state index in [9.17, 15) is 8.42 Å². The van der Waals surface area contributed by atoms with Crippen molar-refractivity contribution in [1.82, 2.24) is 19.8 Å². The molecule has 7 nitrogen and oxygen atoms in total. The number of nitrogens with one attached hydrogen (secondary N) is 2. The third-order valence-corrected chi connectivity index (χ3v) is 7.23. The molecule has 0 aliphatic carbocycles. The molecular weight excluding hydrogens is 465 g/mol. The summed E-state index contributed by atoms with van der Waals surface area (Å²) in [6, 6.07) is 0.285. The number of aliphatic imine (C=N–C) groups is 1. The molecular formula is C17H36IN5O2S. The molecule has 0 radical (unpaired) electrons. The van der Waals surface area contributed by atoms with Gasteiger partial charge < -0.3 is 15.5 Å². The monoisotopic (exact) mass is 501 g/mol. The Morgan fingerprint density at radius 2 is 1.88 bits per heavy atom. The van der Waals surface area contributed by atoms with E-state index in [0.29, 0.717) is 25.4 Å². The molecule has 0 bridgehead atoms. The predicted octanol–water partition coefficient (Wildman–Crippen LogP) is 1.32. The summed E-state index contributed by atoms with van der Waals surface area (Å²) >= 11 is 0. The third kappa shape index (κ3) is 7.47. The maximum atomic E-state index is 12.1. The van der Waals surface area contributed by atoms with Crippen molar-refractivity contribution >= 4 is 40.0 Å². The lowest BCUT2D eigenvalue weighted by atomic mass is 9.98. The Kier molecular flexibility index (Phi) is 10.7. The van der Waals surface area contributed by atoms with Crippen LogP contribution in [0.1, 0.15) is 39.0 Å². The molecule has 2 fully saturated rings. The molecule has 9 heteroatoms. The highest BCUT2D eigenvalue weighted by Crippen LogP contribution is 2.16. The molecule has 2 N–H and O–H groups in total. The molecule has 2 rings (SSSR count). The molecule has 1 atom stereocenters. The zero-order valence-corrected chi connectivity index (χ0v) is 19.6. The Morgan fingerprint density at radius 1 is 1.19 bits per heavy atom. The molecule has 0 aromatic heterocycles. The molecule has 26 heavy (non-hydrogen) atoms. The van der Waals surface area contributed by atoms with Crippen molar-refractivity contribution in [1.29, 1.82) is 0 Å². The second kappa shape index (κ2) is 11.7. The van der Waals surface area contributed by atoms with Crippen LogP contribution < -0.4 is 10.6 Å². The SMILES string of the molecule is CCCS(=O)(=O)N1CCC(NC(=NC)NCC2CCCN(C)C2)CC1.I. The van der Waals surface area contributed by atoms with E-state index in [-0.39, 0.29) is 35.8 Å². The Labute approximate surface area is 176 Å². The van der Waals surface area contributed by atoms with Crippen molar-refractivity contribution in [2.24, 2.45) is 10.9 Å². The first-order valence-corrected chi connectivity index (χ1v) is 11.2. The first kappa shape index (κ1) is 23.9. The average Bonchev–Trinajstić information content (AvgIpc) is 2.59. The molecule has 0 aromatic rings. The first-order chi connectivity index (χ1) is 11.9. The Hall–Kier alpha value is -0.130. The van der Waals surface area contributed by atoms with Crippen molar-refractivity contribution in [3.8, 4) is 0 Å². The van der Waals surface area contributed by atoms with Crippen LogP contribution in [0.4, 0.5) is 0 Å². The van der Waals surface area contributed by atoms with Crippen LogP contribution in [0.25, 0.3) is 0 Å². The van der Waals surface area contributed by atoms with E-state index in [1.165, 1.54) is 19.4 Å². The fraction of sp³-hybridized carbons (Fsp3) is 0.941. The maximum absolute atomic E-state index is 12.1. The molecule has 1 unspecified atom stereocenters. The number of nitrogens with zero attached hydrogens (tertiary/aromatic N) is 3. The molecule has 0 spiro atoms. The summed E-state index contributed by atoms with van der Waals surface area (Å²) in [4.78, 5) is 6.72. The number of rotatable bonds is 6. The number of hydrogen-bond acceptors (Lipinski definition) is 4. The molecule has 2 saturated heterocycles. The number of likely N-dealkylation sites (tertiary alicyclic amines) is 1. The van der Waals surface area contributed by atoms with E-state index in [0.717, 1.165) is 31.9 Å². The van der Waals surface area contributed by atoms with Crippen LogP contribution in [0, 0.1) is 5.92 Å². The van der Waals surface area contributed by atoms with E-state index < -0.39 is 10.0 Å². The second-order valence-electron chi connectivity index (χ2n) is 7.36. The van der Waals surface area contributed by atoms with E-state index in [1.807, 2.05) is 6.92 Å². The van der Waals surface area contributed by atoms with Gasteiger partial charge in [-0.15, -0.1) is 24.0 Å². The predicted molar refractivity (Wildman–Crippen MR) is 119 cm³/mol. The van der Waals surface area contributed by atoms with Crippen LogP contribution in [-0.2, 0) is 10.0 Å². The minimum absolute atomic E-state index is 0. The van der Waals surface area contributed by atoms with Crippen molar-refractivity contribution in [3.63, 3.8) is 0 Å². The van der Waals surface area contributed by atoms with Gasteiger partial charge in [0.1, 0.15) is 0 Å². The number of sulfonamides is 1. The fourth-order valence-corrected chi connectivity index (χ4v) is 5.28. The van der Waals surface area contributed by atoms with E-state index >= 15 is 0 Å². The molecule has 2 heterocycles. The standard InChI is InChI=1S/C17H35N5O2S.HI/c1-4-12-25(23,24)22-10-7-16(8-11-22)20-17(18-2)19-13-15-6-5-9-21(3)14-15;/h15-16H,4-14H2,1-3H3,(H2,18,19,20);1H. The number of halogens is 1. The summed E-state index contributed by atoms with van der Waals surface area (Å²) in [5.74, 6) is 1.76. The van der Waals surface area contributed by atoms with Crippen molar-refractivity contribution in [2.75, 3.05) is 52.6 Å². The first-order valence-electron chi connectivity index (χ1n) is 9.58. The van der Waals surface area contributed by atoms with Crippen LogP contribution in [0.5, 0.6) is 0 Å². The van der Waals surface area contributed by atoms with E-state index in [1.54, 1.807) is 11.4 Å².